The Morgan fingerprint density at radius 2 is 1.42 bits per heavy atom. The third kappa shape index (κ3) is 1.59. The summed E-state index contributed by atoms with van der Waals surface area (Å²) in [6.07, 6.45) is 1.05. The molecular weight excluding hydrogens is 228 g/mol. The molecule has 0 saturated carbocycles. The summed E-state index contributed by atoms with van der Waals surface area (Å²) in [5, 5.41) is 0. The number of hydrogen-bond donors (Lipinski definition) is 0. The maximum atomic E-state index is 3.61. The first-order chi connectivity index (χ1) is 8.91. The topological polar surface area (TPSA) is 0 Å². The molecule has 3 rings (SSSR count). The highest BCUT2D eigenvalue weighted by Crippen LogP contribution is 2.43. The number of rotatable bonds is 0. The molecule has 0 aliphatic heterocycles. The molecule has 2 aromatic carbocycles. The molecule has 0 fully saturated rings. The Balaban J connectivity index is 2.40. The molecule has 0 nitrogen and oxygen atoms in total. The summed E-state index contributed by atoms with van der Waals surface area (Å²) in [5.74, 6) is 0. The molecule has 2 aromatic rings. The van der Waals surface area contributed by atoms with Crippen LogP contribution >= 0.6 is 0 Å². The summed E-state index contributed by atoms with van der Waals surface area (Å²) in [7, 11) is 0. The summed E-state index contributed by atoms with van der Waals surface area (Å²) in [6.45, 7) is 13.4. The van der Waals surface area contributed by atoms with Crippen LogP contribution < -0.4 is 0 Å². The van der Waals surface area contributed by atoms with Crippen molar-refractivity contribution >= 4 is 0 Å². The second-order valence-corrected chi connectivity index (χ2v) is 6.01. The summed E-state index contributed by atoms with van der Waals surface area (Å²) >= 11 is 0. The lowest BCUT2D eigenvalue weighted by Gasteiger charge is -2.15. The molecule has 1 aliphatic rings. The minimum absolute atomic E-state index is 1.05. The molecule has 0 saturated heterocycles. The SMILES string of the molecule is Cc1[c]c2c(c(C)c1C)-c1c(cc(C)c(C)c1C)C2. The molecule has 0 heteroatoms. The minimum atomic E-state index is 1.05. The van der Waals surface area contributed by atoms with Crippen LogP contribution in [0.1, 0.15) is 44.5 Å². The maximum Gasteiger partial charge on any atom is -0.000687 e. The highest BCUT2D eigenvalue weighted by molar-refractivity contribution is 5.84. The van der Waals surface area contributed by atoms with E-state index in [4.69, 9.17) is 0 Å². The van der Waals surface area contributed by atoms with Crippen molar-refractivity contribution in [2.45, 2.75) is 48.0 Å². The van der Waals surface area contributed by atoms with Gasteiger partial charge in [0.2, 0.25) is 0 Å². The van der Waals surface area contributed by atoms with E-state index in [-0.39, 0.29) is 0 Å². The molecule has 19 heavy (non-hydrogen) atoms. The van der Waals surface area contributed by atoms with Crippen LogP contribution in [0, 0.1) is 47.6 Å². The summed E-state index contributed by atoms with van der Waals surface area (Å²) in [6, 6.07) is 5.98. The second-order valence-electron chi connectivity index (χ2n) is 6.01. The van der Waals surface area contributed by atoms with E-state index in [1.807, 2.05) is 0 Å². The Morgan fingerprint density at radius 3 is 2.11 bits per heavy atom. The molecule has 0 N–H and O–H groups in total. The lowest BCUT2D eigenvalue weighted by atomic mass is 9.89. The molecule has 0 unspecified atom stereocenters. The van der Waals surface area contributed by atoms with Crippen molar-refractivity contribution in [3.8, 4) is 11.1 Å². The van der Waals surface area contributed by atoms with Gasteiger partial charge in [0.1, 0.15) is 0 Å². The monoisotopic (exact) mass is 249 g/mol. The smallest absolute Gasteiger partial charge is 0.000687 e. The van der Waals surface area contributed by atoms with E-state index >= 15 is 0 Å². The number of benzene rings is 2. The Bertz CT molecular complexity index is 641. The fourth-order valence-corrected chi connectivity index (χ4v) is 3.39. The predicted octanol–water partition coefficient (Wildman–Crippen LogP) is 4.91. The van der Waals surface area contributed by atoms with Crippen molar-refractivity contribution in [2.24, 2.45) is 0 Å². The average molecular weight is 249 g/mol. The van der Waals surface area contributed by atoms with Crippen LogP contribution in [0.15, 0.2) is 6.07 Å². The van der Waals surface area contributed by atoms with Gasteiger partial charge in [0.15, 0.2) is 0 Å². The van der Waals surface area contributed by atoms with Crippen molar-refractivity contribution in [1.82, 2.24) is 0 Å². The highest BCUT2D eigenvalue weighted by Gasteiger charge is 2.25. The zero-order valence-corrected chi connectivity index (χ0v) is 12.8. The molecule has 0 spiro atoms. The van der Waals surface area contributed by atoms with Gasteiger partial charge in [-0.3, -0.25) is 0 Å². The van der Waals surface area contributed by atoms with Gasteiger partial charge in [-0.25, -0.2) is 0 Å². The van der Waals surface area contributed by atoms with Gasteiger partial charge < -0.3 is 0 Å². The van der Waals surface area contributed by atoms with Gasteiger partial charge in [0.05, 0.1) is 0 Å². The van der Waals surface area contributed by atoms with Crippen molar-refractivity contribution in [3.63, 3.8) is 0 Å². The van der Waals surface area contributed by atoms with Gasteiger partial charge in [0, 0.05) is 0 Å². The van der Waals surface area contributed by atoms with Crippen LogP contribution in [0.2, 0.25) is 0 Å². The lowest BCUT2D eigenvalue weighted by molar-refractivity contribution is 1.18. The van der Waals surface area contributed by atoms with Crippen molar-refractivity contribution in [1.29, 1.82) is 0 Å². The van der Waals surface area contributed by atoms with E-state index in [0.717, 1.165) is 6.42 Å². The van der Waals surface area contributed by atoms with Crippen molar-refractivity contribution in [2.75, 3.05) is 0 Å². The van der Waals surface area contributed by atoms with Crippen LogP contribution in [0.3, 0.4) is 0 Å². The number of fused-ring (bicyclic) bond motifs is 3. The maximum absolute atomic E-state index is 3.61. The molecule has 1 radical (unpaired) electrons. The largest absolute Gasteiger partial charge is 0.0549 e. The zero-order chi connectivity index (χ0) is 13.9. The van der Waals surface area contributed by atoms with Crippen LogP contribution in [0.25, 0.3) is 11.1 Å². The minimum Gasteiger partial charge on any atom is -0.0549 e. The highest BCUT2D eigenvalue weighted by atomic mass is 14.3. The van der Waals surface area contributed by atoms with Crippen LogP contribution in [0.4, 0.5) is 0 Å². The van der Waals surface area contributed by atoms with Crippen molar-refractivity contribution in [3.05, 3.63) is 56.6 Å². The molecule has 0 aromatic heterocycles. The van der Waals surface area contributed by atoms with E-state index in [9.17, 15) is 0 Å². The fourth-order valence-electron chi connectivity index (χ4n) is 3.39. The third-order valence-corrected chi connectivity index (χ3v) is 5.00. The Labute approximate surface area is 116 Å². The van der Waals surface area contributed by atoms with E-state index in [0.29, 0.717) is 0 Å². The number of aryl methyl sites for hydroxylation is 2. The van der Waals surface area contributed by atoms with E-state index in [2.05, 4.69) is 53.7 Å². The van der Waals surface area contributed by atoms with Gasteiger partial charge in [-0.2, -0.15) is 0 Å². The Kier molecular flexibility index (Phi) is 2.60. The first kappa shape index (κ1) is 12.5. The lowest BCUT2D eigenvalue weighted by Crippen LogP contribution is -1.95. The standard InChI is InChI=1S/C19H21/c1-10-7-16-9-17-8-11(2)13(4)15(6)19(17)18(16)14(5)12(10)3/h7H,9H2,1-6H3. The third-order valence-electron chi connectivity index (χ3n) is 5.00. The van der Waals surface area contributed by atoms with Gasteiger partial charge in [-0.15, -0.1) is 0 Å². The van der Waals surface area contributed by atoms with Gasteiger partial charge >= 0.3 is 0 Å². The summed E-state index contributed by atoms with van der Waals surface area (Å²) in [5.41, 5.74) is 14.3. The molecule has 97 valence electrons. The predicted molar refractivity (Wildman–Crippen MR) is 81.9 cm³/mol. The van der Waals surface area contributed by atoms with Gasteiger partial charge in [0.25, 0.3) is 0 Å². The van der Waals surface area contributed by atoms with E-state index < -0.39 is 0 Å². The van der Waals surface area contributed by atoms with E-state index in [1.54, 1.807) is 0 Å². The molecule has 0 heterocycles. The van der Waals surface area contributed by atoms with Gasteiger partial charge in [-0.1, -0.05) is 6.07 Å². The fraction of sp³-hybridized carbons (Fsp3) is 0.368. The molecule has 0 atom stereocenters. The average Bonchev–Trinajstić information content (AvgIpc) is 2.71. The Hall–Kier alpha value is -1.56. The van der Waals surface area contributed by atoms with Crippen molar-refractivity contribution < 1.29 is 0 Å². The van der Waals surface area contributed by atoms with Crippen LogP contribution in [0.5, 0.6) is 0 Å². The van der Waals surface area contributed by atoms with E-state index in [1.165, 1.54) is 55.6 Å². The summed E-state index contributed by atoms with van der Waals surface area (Å²) < 4.78 is 0. The first-order valence-corrected chi connectivity index (χ1v) is 7.03. The first-order valence-electron chi connectivity index (χ1n) is 7.03. The molecule has 0 amide bonds. The quantitative estimate of drug-likeness (QED) is 0.531. The summed E-state index contributed by atoms with van der Waals surface area (Å²) in [4.78, 5) is 0. The van der Waals surface area contributed by atoms with Crippen LogP contribution in [-0.2, 0) is 6.42 Å². The van der Waals surface area contributed by atoms with Gasteiger partial charge in [-0.05, 0) is 110 Å². The zero-order valence-electron chi connectivity index (χ0n) is 12.8. The van der Waals surface area contributed by atoms with Crippen LogP contribution in [-0.4, -0.2) is 0 Å². The Morgan fingerprint density at radius 1 is 0.789 bits per heavy atom. The second kappa shape index (κ2) is 3.96. The normalized spacial score (nSPS) is 12.5. The number of hydrogen-bond acceptors (Lipinski definition) is 0. The molecule has 0 bridgehead atoms. The molecular formula is C19H21. The molecule has 1 aliphatic carbocycles.